The third-order valence-corrected chi connectivity index (χ3v) is 4.82. The molecule has 1 amide bonds. The van der Waals surface area contributed by atoms with Crippen molar-refractivity contribution in [1.82, 2.24) is 4.90 Å². The highest BCUT2D eigenvalue weighted by Gasteiger charge is 2.19. The lowest BCUT2D eigenvalue weighted by Crippen LogP contribution is -2.32. The minimum absolute atomic E-state index is 0.0386. The Morgan fingerprint density at radius 1 is 1.00 bits per heavy atom. The van der Waals surface area contributed by atoms with Crippen LogP contribution < -0.4 is 10.6 Å². The number of piperidine rings is 1. The quantitative estimate of drug-likeness (QED) is 0.867. The molecule has 1 fully saturated rings. The number of hydrogen-bond donors (Lipinski definition) is 0. The zero-order valence-corrected chi connectivity index (χ0v) is 12.7. The van der Waals surface area contributed by atoms with Crippen molar-refractivity contribution in [3.8, 4) is 0 Å². The molecular weight excluding hydrogens is 272 g/mol. The Bertz CT molecular complexity index is 847. The summed E-state index contributed by atoms with van der Waals surface area (Å²) >= 11 is 0. The topological polar surface area (TPSA) is 32.7 Å². The van der Waals surface area contributed by atoms with Gasteiger partial charge in [-0.2, -0.15) is 0 Å². The van der Waals surface area contributed by atoms with Gasteiger partial charge in [0.2, 0.25) is 0 Å². The average Bonchev–Trinajstić information content (AvgIpc) is 2.90. The largest absolute Gasteiger partial charge is 0.303 e. The van der Waals surface area contributed by atoms with Gasteiger partial charge in [-0.3, -0.25) is 4.79 Å². The summed E-state index contributed by atoms with van der Waals surface area (Å²) in [5.74, 6) is -0.0386. The van der Waals surface area contributed by atoms with Crippen LogP contribution >= 0.6 is 0 Å². The minimum atomic E-state index is -0.0386. The van der Waals surface area contributed by atoms with Crippen LogP contribution in [0.1, 0.15) is 25.7 Å². The van der Waals surface area contributed by atoms with Gasteiger partial charge in [0.1, 0.15) is 0 Å². The third kappa shape index (κ3) is 2.35. The lowest BCUT2D eigenvalue weighted by molar-refractivity contribution is -0.112. The van der Waals surface area contributed by atoms with Gasteiger partial charge >= 0.3 is 0 Å². The second-order valence-corrected chi connectivity index (χ2v) is 6.23. The first-order valence-electron chi connectivity index (χ1n) is 8.19. The average molecular weight is 292 g/mol. The second-order valence-electron chi connectivity index (χ2n) is 6.23. The second kappa shape index (κ2) is 5.65. The summed E-state index contributed by atoms with van der Waals surface area (Å²) in [5.41, 5.74) is 0.900. The van der Waals surface area contributed by atoms with E-state index >= 15 is 0 Å². The van der Waals surface area contributed by atoms with E-state index in [9.17, 15) is 4.79 Å². The van der Waals surface area contributed by atoms with Crippen molar-refractivity contribution in [2.45, 2.75) is 25.7 Å². The number of fused-ring (bicyclic) bond motifs is 3. The predicted octanol–water partition coefficient (Wildman–Crippen LogP) is 2.03. The molecule has 112 valence electrons. The van der Waals surface area contributed by atoms with Crippen LogP contribution in [0, 0.1) is 0 Å². The van der Waals surface area contributed by atoms with E-state index in [1.165, 1.54) is 37.7 Å². The van der Waals surface area contributed by atoms with Gasteiger partial charge in [0.15, 0.2) is 0 Å². The number of amides is 1. The van der Waals surface area contributed by atoms with Crippen LogP contribution in [0.4, 0.5) is 0 Å². The fourth-order valence-corrected chi connectivity index (χ4v) is 3.64. The maximum Gasteiger partial charge on any atom is 0.274 e. The van der Waals surface area contributed by atoms with Crippen LogP contribution in [0.3, 0.4) is 0 Å². The summed E-state index contributed by atoms with van der Waals surface area (Å²) in [6, 6.07) is 12.3. The Balaban J connectivity index is 1.75. The van der Waals surface area contributed by atoms with Crippen molar-refractivity contribution in [3.63, 3.8) is 0 Å². The van der Waals surface area contributed by atoms with E-state index in [0.717, 1.165) is 34.5 Å². The molecule has 0 aromatic heterocycles. The van der Waals surface area contributed by atoms with Crippen LogP contribution in [0.2, 0.25) is 0 Å². The van der Waals surface area contributed by atoms with Gasteiger partial charge in [0.05, 0.1) is 5.36 Å². The number of likely N-dealkylation sites (tertiary alicyclic amines) is 1. The van der Waals surface area contributed by atoms with Gasteiger partial charge in [-0.15, -0.1) is 0 Å². The standard InChI is InChI=1S/C19H20N2O/c22-19-16(10-13-21-11-4-1-5-12-21)18-15-7-3-2-6-14(15)8-9-17(18)20-19/h2-3,6-9H,1,4-5,10-13H2. The van der Waals surface area contributed by atoms with Crippen molar-refractivity contribution in [2.24, 2.45) is 4.99 Å². The van der Waals surface area contributed by atoms with Gasteiger partial charge in [0.25, 0.3) is 5.91 Å². The monoisotopic (exact) mass is 292 g/mol. The molecule has 1 saturated heterocycles. The molecule has 0 bridgehead atoms. The molecule has 0 N–H and O–H groups in total. The van der Waals surface area contributed by atoms with Crippen molar-refractivity contribution >= 4 is 22.3 Å². The van der Waals surface area contributed by atoms with Gasteiger partial charge in [0, 0.05) is 17.3 Å². The number of nitrogens with zero attached hydrogens (tertiary/aromatic N) is 2. The Labute approximate surface area is 130 Å². The van der Waals surface area contributed by atoms with E-state index < -0.39 is 0 Å². The smallest absolute Gasteiger partial charge is 0.274 e. The highest BCUT2D eigenvalue weighted by atomic mass is 16.1. The van der Waals surface area contributed by atoms with Crippen molar-refractivity contribution in [3.05, 3.63) is 47.0 Å². The van der Waals surface area contributed by atoms with E-state index in [1.54, 1.807) is 0 Å². The molecule has 2 aromatic carbocycles. The summed E-state index contributed by atoms with van der Waals surface area (Å²) in [6.07, 6.45) is 4.72. The molecule has 0 unspecified atom stereocenters. The Morgan fingerprint density at radius 2 is 1.82 bits per heavy atom. The highest BCUT2D eigenvalue weighted by Crippen LogP contribution is 2.15. The van der Waals surface area contributed by atoms with Crippen LogP contribution in [0.25, 0.3) is 16.3 Å². The summed E-state index contributed by atoms with van der Waals surface area (Å²) in [6.45, 7) is 3.31. The third-order valence-electron chi connectivity index (χ3n) is 4.82. The van der Waals surface area contributed by atoms with Crippen molar-refractivity contribution in [2.75, 3.05) is 19.6 Å². The molecule has 4 rings (SSSR count). The lowest BCUT2D eigenvalue weighted by atomic mass is 10.0. The van der Waals surface area contributed by atoms with Crippen LogP contribution in [-0.4, -0.2) is 30.4 Å². The van der Waals surface area contributed by atoms with E-state index in [1.807, 2.05) is 18.2 Å². The first-order valence-corrected chi connectivity index (χ1v) is 8.19. The highest BCUT2D eigenvalue weighted by molar-refractivity contribution is 6.17. The normalized spacial score (nSPS) is 18.5. The molecule has 0 saturated carbocycles. The number of carbonyl (C=O) groups is 1. The molecule has 3 nitrogen and oxygen atoms in total. The Hall–Kier alpha value is -2.00. The lowest BCUT2D eigenvalue weighted by Gasteiger charge is -2.26. The van der Waals surface area contributed by atoms with Gasteiger partial charge < -0.3 is 4.90 Å². The van der Waals surface area contributed by atoms with Crippen LogP contribution in [0.15, 0.2) is 41.4 Å². The molecule has 0 atom stereocenters. The van der Waals surface area contributed by atoms with Crippen LogP contribution in [-0.2, 0) is 4.79 Å². The number of carbonyl (C=O) groups excluding carboxylic acids is 1. The molecular formula is C19H20N2O. The molecule has 0 spiro atoms. The fourth-order valence-electron chi connectivity index (χ4n) is 3.64. The Kier molecular flexibility index (Phi) is 3.51. The summed E-state index contributed by atoms with van der Waals surface area (Å²) < 4.78 is 0. The maximum atomic E-state index is 12.3. The number of hydrogen-bond acceptors (Lipinski definition) is 2. The molecule has 2 aliphatic heterocycles. The summed E-state index contributed by atoms with van der Waals surface area (Å²) in [7, 11) is 0. The summed E-state index contributed by atoms with van der Waals surface area (Å²) in [5, 5.41) is 4.25. The fraction of sp³-hybridized carbons (Fsp3) is 0.368. The zero-order valence-electron chi connectivity index (χ0n) is 12.7. The minimum Gasteiger partial charge on any atom is -0.303 e. The molecule has 0 aliphatic carbocycles. The number of benzene rings is 2. The number of rotatable bonds is 3. The van der Waals surface area contributed by atoms with Crippen LogP contribution in [0.5, 0.6) is 0 Å². The molecule has 2 heterocycles. The molecule has 3 heteroatoms. The van der Waals surface area contributed by atoms with E-state index in [0.29, 0.717) is 0 Å². The zero-order chi connectivity index (χ0) is 14.9. The van der Waals surface area contributed by atoms with E-state index in [4.69, 9.17) is 0 Å². The Morgan fingerprint density at radius 3 is 2.68 bits per heavy atom. The maximum absolute atomic E-state index is 12.3. The summed E-state index contributed by atoms with van der Waals surface area (Å²) in [4.78, 5) is 19.1. The predicted molar refractivity (Wildman–Crippen MR) is 88.1 cm³/mol. The van der Waals surface area contributed by atoms with Gasteiger partial charge in [-0.05, 0) is 49.2 Å². The van der Waals surface area contributed by atoms with E-state index in [2.05, 4.69) is 28.1 Å². The van der Waals surface area contributed by atoms with Crippen molar-refractivity contribution in [1.29, 1.82) is 0 Å². The molecule has 22 heavy (non-hydrogen) atoms. The molecule has 2 aromatic rings. The SMILES string of the molecule is O=C1N=c2ccc3ccccc3c2=C1CCN1CCCCC1. The van der Waals surface area contributed by atoms with Crippen molar-refractivity contribution < 1.29 is 4.79 Å². The van der Waals surface area contributed by atoms with Gasteiger partial charge in [-0.25, -0.2) is 4.99 Å². The molecule has 0 radical (unpaired) electrons. The first kappa shape index (κ1) is 13.6. The van der Waals surface area contributed by atoms with Gasteiger partial charge in [-0.1, -0.05) is 36.8 Å². The molecule has 2 aliphatic rings. The van der Waals surface area contributed by atoms with E-state index in [-0.39, 0.29) is 5.91 Å². The first-order chi connectivity index (χ1) is 10.8.